The number of methoxy groups -OCH3 is 1. The van der Waals surface area contributed by atoms with Gasteiger partial charge < -0.3 is 15.4 Å². The van der Waals surface area contributed by atoms with E-state index in [4.69, 9.17) is 5.73 Å². The Balaban J connectivity index is 3.80. The number of hydrogen-bond donors (Lipinski definition) is 1. The summed E-state index contributed by atoms with van der Waals surface area (Å²) in [6.45, 7) is 2.52. The number of carbonyl (C=O) groups excluding carboxylic acids is 1. The summed E-state index contributed by atoms with van der Waals surface area (Å²) in [5, 5.41) is 0. The second-order valence-electron chi connectivity index (χ2n) is 2.51. The van der Waals surface area contributed by atoms with Crippen molar-refractivity contribution in [2.45, 2.75) is 19.4 Å². The first kappa shape index (κ1) is 10.2. The van der Waals surface area contributed by atoms with Gasteiger partial charge in [0.05, 0.1) is 7.11 Å². The minimum absolute atomic E-state index is 0.146. The number of amides is 1. The lowest BCUT2D eigenvalue weighted by Gasteiger charge is -2.22. The average Bonchev–Trinajstić information content (AvgIpc) is 2.02. The standard InChI is InChI=1S/C7H16N2O2/c1-6(4-5-8)9(2)7(10)11-3/h6H,4-5,8H2,1-3H3. The second-order valence-corrected chi connectivity index (χ2v) is 2.51. The SMILES string of the molecule is COC(=O)N(C)C(C)CCN. The molecule has 0 aliphatic carbocycles. The molecule has 0 saturated heterocycles. The van der Waals surface area contributed by atoms with E-state index in [1.807, 2.05) is 6.92 Å². The van der Waals surface area contributed by atoms with Gasteiger partial charge in [-0.2, -0.15) is 0 Å². The lowest BCUT2D eigenvalue weighted by atomic mass is 10.2. The summed E-state index contributed by atoms with van der Waals surface area (Å²) in [4.78, 5) is 12.4. The molecule has 0 aliphatic heterocycles. The molecule has 0 aromatic carbocycles. The first-order valence-corrected chi connectivity index (χ1v) is 3.64. The maximum Gasteiger partial charge on any atom is 0.409 e. The molecular formula is C7H16N2O2. The summed E-state index contributed by atoms with van der Waals surface area (Å²) < 4.78 is 4.53. The minimum atomic E-state index is -0.314. The summed E-state index contributed by atoms with van der Waals surface area (Å²) in [7, 11) is 3.07. The molecule has 4 nitrogen and oxygen atoms in total. The van der Waals surface area contributed by atoms with Gasteiger partial charge in [-0.05, 0) is 19.9 Å². The fraction of sp³-hybridized carbons (Fsp3) is 0.857. The molecule has 2 N–H and O–H groups in total. The number of hydrogen-bond acceptors (Lipinski definition) is 3. The van der Waals surface area contributed by atoms with Crippen LogP contribution in [0.5, 0.6) is 0 Å². The summed E-state index contributed by atoms with van der Waals surface area (Å²) in [6.07, 6.45) is 0.483. The summed E-state index contributed by atoms with van der Waals surface area (Å²) in [5.74, 6) is 0. The molecule has 0 saturated carbocycles. The molecule has 0 spiro atoms. The first-order valence-electron chi connectivity index (χ1n) is 3.64. The van der Waals surface area contributed by atoms with Crippen LogP contribution in [0.15, 0.2) is 0 Å². The Bertz CT molecular complexity index is 128. The van der Waals surface area contributed by atoms with Gasteiger partial charge in [-0.15, -0.1) is 0 Å². The topological polar surface area (TPSA) is 55.6 Å². The van der Waals surface area contributed by atoms with E-state index in [1.165, 1.54) is 12.0 Å². The maximum absolute atomic E-state index is 10.9. The molecule has 1 amide bonds. The molecule has 0 rings (SSSR count). The molecule has 0 aliphatic rings. The van der Waals surface area contributed by atoms with Crippen LogP contribution in [0.4, 0.5) is 4.79 Å². The van der Waals surface area contributed by atoms with Crippen LogP contribution >= 0.6 is 0 Å². The summed E-state index contributed by atoms with van der Waals surface area (Å²) in [5.41, 5.74) is 5.33. The van der Waals surface area contributed by atoms with E-state index >= 15 is 0 Å². The van der Waals surface area contributed by atoms with Crippen LogP contribution in [0.3, 0.4) is 0 Å². The van der Waals surface area contributed by atoms with Crippen LogP contribution < -0.4 is 5.73 Å². The van der Waals surface area contributed by atoms with Crippen LogP contribution in [0, 0.1) is 0 Å². The van der Waals surface area contributed by atoms with Gasteiger partial charge in [0.15, 0.2) is 0 Å². The summed E-state index contributed by atoms with van der Waals surface area (Å²) in [6, 6.07) is 0.146. The van der Waals surface area contributed by atoms with E-state index in [-0.39, 0.29) is 12.1 Å². The average molecular weight is 160 g/mol. The van der Waals surface area contributed by atoms with Crippen LogP contribution in [0.1, 0.15) is 13.3 Å². The quantitative estimate of drug-likeness (QED) is 0.651. The van der Waals surface area contributed by atoms with E-state index in [0.29, 0.717) is 6.54 Å². The molecule has 66 valence electrons. The van der Waals surface area contributed by atoms with Crippen LogP contribution in [0.2, 0.25) is 0 Å². The van der Waals surface area contributed by atoms with Gasteiger partial charge >= 0.3 is 6.09 Å². The Kier molecular flexibility index (Phi) is 4.61. The molecule has 1 atom stereocenters. The van der Waals surface area contributed by atoms with Gasteiger partial charge in [0, 0.05) is 13.1 Å². The highest BCUT2D eigenvalue weighted by atomic mass is 16.5. The molecule has 0 heterocycles. The highest BCUT2D eigenvalue weighted by Gasteiger charge is 2.14. The number of nitrogens with two attached hydrogens (primary N) is 1. The third kappa shape index (κ3) is 3.23. The van der Waals surface area contributed by atoms with Crippen molar-refractivity contribution >= 4 is 6.09 Å². The molecule has 0 radical (unpaired) electrons. The molecular weight excluding hydrogens is 144 g/mol. The Hall–Kier alpha value is -0.770. The second kappa shape index (κ2) is 4.96. The van der Waals surface area contributed by atoms with Gasteiger partial charge in [0.1, 0.15) is 0 Å². The van der Waals surface area contributed by atoms with Crippen LogP contribution in [-0.4, -0.2) is 37.7 Å². The molecule has 0 aromatic rings. The fourth-order valence-electron chi connectivity index (χ4n) is 0.759. The highest BCUT2D eigenvalue weighted by Crippen LogP contribution is 2.00. The lowest BCUT2D eigenvalue weighted by molar-refractivity contribution is 0.119. The highest BCUT2D eigenvalue weighted by molar-refractivity contribution is 5.67. The monoisotopic (exact) mass is 160 g/mol. The summed E-state index contributed by atoms with van der Waals surface area (Å²) >= 11 is 0. The van der Waals surface area contributed by atoms with E-state index in [0.717, 1.165) is 6.42 Å². The zero-order valence-electron chi connectivity index (χ0n) is 7.33. The van der Waals surface area contributed by atoms with E-state index < -0.39 is 0 Å². The Morgan fingerprint density at radius 1 is 1.73 bits per heavy atom. The largest absolute Gasteiger partial charge is 0.453 e. The Morgan fingerprint density at radius 2 is 2.27 bits per heavy atom. The van der Waals surface area contributed by atoms with E-state index in [2.05, 4.69) is 4.74 Å². The molecule has 0 bridgehead atoms. The van der Waals surface area contributed by atoms with Crippen molar-refractivity contribution in [3.63, 3.8) is 0 Å². The predicted octanol–water partition coefficient (Wildman–Crippen LogP) is 0.422. The van der Waals surface area contributed by atoms with Crippen molar-refractivity contribution in [2.24, 2.45) is 5.73 Å². The normalized spacial score (nSPS) is 12.4. The van der Waals surface area contributed by atoms with Gasteiger partial charge in [-0.3, -0.25) is 0 Å². The Morgan fingerprint density at radius 3 is 2.64 bits per heavy atom. The Labute approximate surface area is 67.3 Å². The fourth-order valence-corrected chi connectivity index (χ4v) is 0.759. The van der Waals surface area contributed by atoms with Crippen molar-refractivity contribution in [1.29, 1.82) is 0 Å². The molecule has 4 heteroatoms. The van der Waals surface area contributed by atoms with E-state index in [1.54, 1.807) is 7.05 Å². The van der Waals surface area contributed by atoms with Crippen LogP contribution in [0.25, 0.3) is 0 Å². The molecule has 11 heavy (non-hydrogen) atoms. The number of carbonyl (C=O) groups is 1. The van der Waals surface area contributed by atoms with Crippen molar-refractivity contribution in [3.8, 4) is 0 Å². The molecule has 1 unspecified atom stereocenters. The molecule has 0 fully saturated rings. The zero-order valence-corrected chi connectivity index (χ0v) is 7.33. The van der Waals surface area contributed by atoms with Gasteiger partial charge in [-0.25, -0.2) is 4.79 Å². The smallest absolute Gasteiger partial charge is 0.409 e. The number of nitrogens with zero attached hydrogens (tertiary/aromatic N) is 1. The van der Waals surface area contributed by atoms with Crippen molar-refractivity contribution in [1.82, 2.24) is 4.90 Å². The maximum atomic E-state index is 10.9. The molecule has 0 aromatic heterocycles. The first-order chi connectivity index (χ1) is 5.13. The van der Waals surface area contributed by atoms with Gasteiger partial charge in [0.2, 0.25) is 0 Å². The van der Waals surface area contributed by atoms with Crippen molar-refractivity contribution in [3.05, 3.63) is 0 Å². The third-order valence-corrected chi connectivity index (χ3v) is 1.71. The number of rotatable bonds is 3. The van der Waals surface area contributed by atoms with E-state index in [9.17, 15) is 4.79 Å². The van der Waals surface area contributed by atoms with Crippen molar-refractivity contribution < 1.29 is 9.53 Å². The predicted molar refractivity (Wildman–Crippen MR) is 43.3 cm³/mol. The zero-order chi connectivity index (χ0) is 8.85. The van der Waals surface area contributed by atoms with Gasteiger partial charge in [0.25, 0.3) is 0 Å². The number of ether oxygens (including phenoxy) is 1. The van der Waals surface area contributed by atoms with Gasteiger partial charge in [-0.1, -0.05) is 0 Å². The van der Waals surface area contributed by atoms with Crippen molar-refractivity contribution in [2.75, 3.05) is 20.7 Å². The lowest BCUT2D eigenvalue weighted by Crippen LogP contribution is -2.36. The van der Waals surface area contributed by atoms with Crippen LogP contribution in [-0.2, 0) is 4.74 Å². The minimum Gasteiger partial charge on any atom is -0.453 e. The third-order valence-electron chi connectivity index (χ3n) is 1.71.